The highest BCUT2D eigenvalue weighted by molar-refractivity contribution is 7.85. The summed E-state index contributed by atoms with van der Waals surface area (Å²) in [6.45, 7) is 1.64. The highest BCUT2D eigenvalue weighted by Crippen LogP contribution is 2.34. The largest absolute Gasteiger partial charge is 0.573 e. The number of carbonyl (C=O) groups excluding carboxylic acids is 1. The van der Waals surface area contributed by atoms with E-state index in [1.807, 2.05) is 0 Å². The van der Waals surface area contributed by atoms with Gasteiger partial charge >= 0.3 is 6.36 Å². The summed E-state index contributed by atoms with van der Waals surface area (Å²) < 4.78 is 55.5. The molecule has 0 spiro atoms. The van der Waals surface area contributed by atoms with Gasteiger partial charge < -0.3 is 4.74 Å². The molecule has 0 aliphatic carbocycles. The second-order valence-corrected chi connectivity index (χ2v) is 8.75. The molecule has 1 aromatic heterocycles. The first-order valence-corrected chi connectivity index (χ1v) is 10.7. The van der Waals surface area contributed by atoms with Crippen LogP contribution >= 0.6 is 23.2 Å². The van der Waals surface area contributed by atoms with Crippen LogP contribution in [0.15, 0.2) is 40.3 Å². The molecular weight excluding hydrogens is 480 g/mol. The van der Waals surface area contributed by atoms with Crippen LogP contribution in [0, 0.1) is 0 Å². The Kier molecular flexibility index (Phi) is 6.73. The van der Waals surface area contributed by atoms with E-state index < -0.39 is 39.1 Å². The van der Waals surface area contributed by atoms with E-state index in [0.717, 1.165) is 17.0 Å². The number of rotatable bonds is 6. The van der Waals surface area contributed by atoms with Gasteiger partial charge in [0.25, 0.3) is 5.56 Å². The van der Waals surface area contributed by atoms with Crippen LogP contribution in [0.4, 0.5) is 13.2 Å². The highest BCUT2D eigenvalue weighted by Gasteiger charge is 2.33. The Balaban J connectivity index is 2.18. The number of hydrogen-bond donors (Lipinski definition) is 0. The summed E-state index contributed by atoms with van der Waals surface area (Å²) in [5, 5.41) is -0.364. The van der Waals surface area contributed by atoms with Gasteiger partial charge in [-0.2, -0.15) is 0 Å². The van der Waals surface area contributed by atoms with Crippen molar-refractivity contribution < 1.29 is 26.9 Å². The van der Waals surface area contributed by atoms with Gasteiger partial charge in [0, 0.05) is 15.7 Å². The maximum absolute atomic E-state index is 13.0. The number of nitrogens with zero attached hydrogens (tertiary/aromatic N) is 2. The minimum atomic E-state index is -5.10. The standard InChI is InChI=1S/C19H13Cl2F3N2O4S/c1-2-31(29)15-4-3-11(20)5-10(15)7-26-9-25-17-12(18(26)28)6-14(30-19(22,23)24)13(8-27)16(17)21/h3-6,8-9H,2,7H2,1H3. The molecule has 0 bridgehead atoms. The maximum atomic E-state index is 13.0. The smallest absolute Gasteiger partial charge is 0.405 e. The molecule has 1 unspecified atom stereocenters. The van der Waals surface area contributed by atoms with E-state index in [-0.39, 0.29) is 23.7 Å². The van der Waals surface area contributed by atoms with E-state index in [0.29, 0.717) is 21.2 Å². The first-order chi connectivity index (χ1) is 14.6. The normalized spacial score (nSPS) is 12.7. The summed E-state index contributed by atoms with van der Waals surface area (Å²) in [5.41, 5.74) is -0.975. The molecule has 1 heterocycles. The lowest BCUT2D eigenvalue weighted by atomic mass is 10.1. The topological polar surface area (TPSA) is 78.3 Å². The lowest BCUT2D eigenvalue weighted by Gasteiger charge is -2.15. The number of fused-ring (bicyclic) bond motifs is 1. The van der Waals surface area contributed by atoms with Gasteiger partial charge in [0.2, 0.25) is 0 Å². The van der Waals surface area contributed by atoms with Gasteiger partial charge in [0.15, 0.2) is 6.29 Å². The van der Waals surface area contributed by atoms with Crippen LogP contribution < -0.4 is 10.3 Å². The fourth-order valence-electron chi connectivity index (χ4n) is 2.92. The van der Waals surface area contributed by atoms with Crippen LogP contribution in [-0.4, -0.2) is 32.2 Å². The molecule has 3 aromatic rings. The molecule has 2 aromatic carbocycles. The van der Waals surface area contributed by atoms with Crippen molar-refractivity contribution in [3.8, 4) is 5.75 Å². The van der Waals surface area contributed by atoms with Crippen LogP contribution in [0.5, 0.6) is 5.75 Å². The van der Waals surface area contributed by atoms with Crippen LogP contribution in [0.2, 0.25) is 10.0 Å². The maximum Gasteiger partial charge on any atom is 0.573 e. The lowest BCUT2D eigenvalue weighted by Crippen LogP contribution is -2.23. The Labute approximate surface area is 186 Å². The molecule has 164 valence electrons. The van der Waals surface area contributed by atoms with Crippen molar-refractivity contribution in [1.82, 2.24) is 9.55 Å². The molecule has 0 fully saturated rings. The quantitative estimate of drug-likeness (QED) is 0.470. The predicted molar refractivity (Wildman–Crippen MR) is 111 cm³/mol. The molecule has 0 saturated carbocycles. The van der Waals surface area contributed by atoms with Crippen molar-refractivity contribution in [2.24, 2.45) is 0 Å². The van der Waals surface area contributed by atoms with Gasteiger partial charge in [0.1, 0.15) is 5.75 Å². The number of carbonyl (C=O) groups is 1. The van der Waals surface area contributed by atoms with Gasteiger partial charge in [-0.25, -0.2) is 4.98 Å². The predicted octanol–water partition coefficient (Wildman–Crippen LogP) is 4.59. The Morgan fingerprint density at radius 2 is 1.97 bits per heavy atom. The van der Waals surface area contributed by atoms with Gasteiger partial charge in [-0.15, -0.1) is 13.2 Å². The van der Waals surface area contributed by atoms with Crippen LogP contribution in [0.1, 0.15) is 22.8 Å². The van der Waals surface area contributed by atoms with E-state index in [1.165, 1.54) is 0 Å². The number of benzene rings is 2. The number of aldehydes is 1. The van der Waals surface area contributed by atoms with Crippen molar-refractivity contribution in [3.63, 3.8) is 0 Å². The third kappa shape index (κ3) is 4.91. The average molecular weight is 493 g/mol. The molecule has 1 atom stereocenters. The Morgan fingerprint density at radius 3 is 2.58 bits per heavy atom. The molecule has 0 saturated heterocycles. The SMILES string of the molecule is CCS(=O)c1ccc(Cl)cc1Cn1cnc2c(Cl)c(C=O)c(OC(F)(F)F)cc2c1=O. The minimum Gasteiger partial charge on any atom is -0.405 e. The second kappa shape index (κ2) is 8.97. The van der Waals surface area contributed by atoms with Crippen molar-refractivity contribution in [2.45, 2.75) is 24.7 Å². The van der Waals surface area contributed by atoms with Gasteiger partial charge in [-0.3, -0.25) is 18.4 Å². The van der Waals surface area contributed by atoms with Crippen LogP contribution in [-0.2, 0) is 17.3 Å². The Morgan fingerprint density at radius 1 is 1.26 bits per heavy atom. The first-order valence-electron chi connectivity index (χ1n) is 8.65. The van der Waals surface area contributed by atoms with Crippen LogP contribution in [0.25, 0.3) is 10.9 Å². The molecule has 3 rings (SSSR count). The summed E-state index contributed by atoms with van der Waals surface area (Å²) in [7, 11) is -1.34. The van der Waals surface area contributed by atoms with E-state index in [9.17, 15) is 27.0 Å². The molecule has 0 N–H and O–H groups in total. The summed E-state index contributed by atoms with van der Waals surface area (Å²) in [5.74, 6) is -0.575. The summed E-state index contributed by atoms with van der Waals surface area (Å²) in [4.78, 5) is 28.7. The molecule has 31 heavy (non-hydrogen) atoms. The minimum absolute atomic E-state index is 0.0914. The monoisotopic (exact) mass is 492 g/mol. The summed E-state index contributed by atoms with van der Waals surface area (Å²) in [6.07, 6.45) is -3.88. The number of hydrogen-bond acceptors (Lipinski definition) is 5. The molecule has 0 aliphatic heterocycles. The van der Waals surface area contributed by atoms with E-state index in [4.69, 9.17) is 23.2 Å². The van der Waals surface area contributed by atoms with Gasteiger partial charge in [0.05, 0.1) is 45.2 Å². The summed E-state index contributed by atoms with van der Waals surface area (Å²) in [6, 6.07) is 5.46. The number of ether oxygens (including phenoxy) is 1. The van der Waals surface area contributed by atoms with E-state index in [1.54, 1.807) is 25.1 Å². The second-order valence-electron chi connectivity index (χ2n) is 6.23. The molecule has 0 radical (unpaired) electrons. The number of aromatic nitrogens is 2. The van der Waals surface area contributed by atoms with E-state index in [2.05, 4.69) is 9.72 Å². The van der Waals surface area contributed by atoms with Crippen molar-refractivity contribution in [1.29, 1.82) is 0 Å². The van der Waals surface area contributed by atoms with Gasteiger partial charge in [-0.1, -0.05) is 30.1 Å². The third-order valence-corrected chi connectivity index (χ3v) is 6.30. The lowest BCUT2D eigenvalue weighted by molar-refractivity contribution is -0.274. The zero-order valence-electron chi connectivity index (χ0n) is 15.7. The van der Waals surface area contributed by atoms with Crippen molar-refractivity contribution in [3.05, 3.63) is 62.1 Å². The number of halogens is 5. The molecule has 12 heteroatoms. The molecule has 0 amide bonds. The van der Waals surface area contributed by atoms with E-state index >= 15 is 0 Å². The highest BCUT2D eigenvalue weighted by atomic mass is 35.5. The average Bonchev–Trinajstić information content (AvgIpc) is 2.69. The Bertz CT molecular complexity index is 1260. The molecule has 6 nitrogen and oxygen atoms in total. The van der Waals surface area contributed by atoms with Gasteiger partial charge in [-0.05, 0) is 29.8 Å². The summed E-state index contributed by atoms with van der Waals surface area (Å²) >= 11 is 12.0. The van der Waals surface area contributed by atoms with Crippen molar-refractivity contribution in [2.75, 3.05) is 5.75 Å². The van der Waals surface area contributed by atoms with Crippen LogP contribution in [0.3, 0.4) is 0 Å². The zero-order valence-corrected chi connectivity index (χ0v) is 18.0. The first kappa shape index (κ1) is 23.2. The number of alkyl halides is 3. The fourth-order valence-corrected chi connectivity index (χ4v) is 4.35. The Hall–Kier alpha value is -2.43. The third-order valence-electron chi connectivity index (χ3n) is 4.27. The molecule has 0 aliphatic rings. The zero-order chi connectivity index (χ0) is 22.9. The fraction of sp³-hybridized carbons (Fsp3) is 0.211. The molecular formula is C19H13Cl2F3N2O4S. The van der Waals surface area contributed by atoms with Crippen molar-refractivity contribution >= 4 is 51.2 Å².